The Bertz CT molecular complexity index is 208. The van der Waals surface area contributed by atoms with Crippen molar-refractivity contribution in [2.24, 2.45) is 0 Å². The zero-order chi connectivity index (χ0) is 7.56. The Hall–Kier alpha value is -1.00. The third-order valence-electron chi connectivity index (χ3n) is 1.17. The fourth-order valence-electron chi connectivity index (χ4n) is 0.680. The maximum atomic E-state index is 11.9. The summed E-state index contributed by atoms with van der Waals surface area (Å²) in [5, 5.41) is 6.79. The smallest absolute Gasteiger partial charge is 0.244 e. The molecular weight excluding hydrogens is 140 g/mol. The molecule has 0 spiro atoms. The molecular formula is C5H7F2N3. The molecule has 0 aromatic carbocycles. The summed E-state index contributed by atoms with van der Waals surface area (Å²) < 4.78 is 25.1. The Morgan fingerprint density at radius 1 is 1.70 bits per heavy atom. The summed E-state index contributed by atoms with van der Waals surface area (Å²) in [6.07, 6.45) is -1.40. The van der Waals surface area contributed by atoms with Crippen LogP contribution in [0.3, 0.4) is 0 Å². The average molecular weight is 147 g/mol. The molecule has 0 aliphatic carbocycles. The summed E-state index contributed by atoms with van der Waals surface area (Å²) in [4.78, 5) is 0. The van der Waals surface area contributed by atoms with Crippen LogP contribution >= 0.6 is 0 Å². The number of aromatic nitrogens is 3. The molecule has 1 aromatic heterocycles. The highest BCUT2D eigenvalue weighted by atomic mass is 19.3. The van der Waals surface area contributed by atoms with Crippen molar-refractivity contribution in [3.63, 3.8) is 0 Å². The monoisotopic (exact) mass is 147 g/mol. The van der Waals surface area contributed by atoms with Crippen LogP contribution in [0.1, 0.15) is 19.0 Å². The molecule has 0 saturated carbocycles. The predicted octanol–water partition coefficient (Wildman–Crippen LogP) is 1.24. The van der Waals surface area contributed by atoms with Gasteiger partial charge >= 0.3 is 0 Å². The molecule has 0 aliphatic rings. The number of halogens is 2. The van der Waals surface area contributed by atoms with Crippen LogP contribution in [-0.4, -0.2) is 15.0 Å². The number of hydrogen-bond acceptors (Lipinski definition) is 2. The third-order valence-corrected chi connectivity index (χ3v) is 1.17. The van der Waals surface area contributed by atoms with Gasteiger partial charge in [-0.3, -0.25) is 0 Å². The van der Waals surface area contributed by atoms with Gasteiger partial charge in [-0.25, -0.2) is 13.5 Å². The minimum Gasteiger partial charge on any atom is -0.244 e. The van der Waals surface area contributed by atoms with Gasteiger partial charge in [-0.15, -0.1) is 5.10 Å². The van der Waals surface area contributed by atoms with E-state index in [1.54, 1.807) is 6.92 Å². The van der Waals surface area contributed by atoms with Crippen molar-refractivity contribution in [2.45, 2.75) is 19.9 Å². The molecule has 0 amide bonds. The summed E-state index contributed by atoms with van der Waals surface area (Å²) in [6, 6.07) is 0. The highest BCUT2D eigenvalue weighted by molar-refractivity contribution is 4.94. The largest absolute Gasteiger partial charge is 0.281 e. The fraction of sp³-hybridized carbons (Fsp3) is 0.600. The second kappa shape index (κ2) is 2.72. The van der Waals surface area contributed by atoms with E-state index in [1.807, 2.05) is 0 Å². The van der Waals surface area contributed by atoms with Gasteiger partial charge in [-0.05, 0) is 6.92 Å². The van der Waals surface area contributed by atoms with E-state index in [9.17, 15) is 8.78 Å². The van der Waals surface area contributed by atoms with Gasteiger partial charge in [0.2, 0.25) is 0 Å². The van der Waals surface area contributed by atoms with Gasteiger partial charge in [0, 0.05) is 6.54 Å². The molecule has 1 heterocycles. The number of nitrogens with zero attached hydrogens (tertiary/aromatic N) is 3. The maximum Gasteiger partial charge on any atom is 0.281 e. The predicted molar refractivity (Wildman–Crippen MR) is 30.7 cm³/mol. The minimum atomic E-state index is -2.48. The Morgan fingerprint density at radius 2 is 2.40 bits per heavy atom. The summed E-state index contributed by atoms with van der Waals surface area (Å²) >= 11 is 0. The number of hydrogen-bond donors (Lipinski definition) is 0. The van der Waals surface area contributed by atoms with Crippen LogP contribution in [0.15, 0.2) is 6.20 Å². The van der Waals surface area contributed by atoms with Gasteiger partial charge in [0.1, 0.15) is 5.69 Å². The lowest BCUT2D eigenvalue weighted by Gasteiger charge is -1.98. The van der Waals surface area contributed by atoms with Gasteiger partial charge in [0.15, 0.2) is 0 Å². The molecule has 56 valence electrons. The summed E-state index contributed by atoms with van der Waals surface area (Å²) in [6.45, 7) is 2.17. The van der Waals surface area contributed by atoms with Crippen LogP contribution in [0.5, 0.6) is 0 Å². The molecule has 0 atom stereocenters. The lowest BCUT2D eigenvalue weighted by molar-refractivity contribution is 0.139. The highest BCUT2D eigenvalue weighted by Gasteiger charge is 2.12. The van der Waals surface area contributed by atoms with Crippen LogP contribution in [-0.2, 0) is 6.54 Å². The first-order valence-corrected chi connectivity index (χ1v) is 2.92. The Labute approximate surface area is 56.7 Å². The lowest BCUT2D eigenvalue weighted by Crippen LogP contribution is -2.02. The maximum absolute atomic E-state index is 11.9. The van der Waals surface area contributed by atoms with E-state index in [4.69, 9.17) is 0 Å². The molecule has 1 aromatic rings. The molecule has 0 bridgehead atoms. The van der Waals surface area contributed by atoms with Crippen LogP contribution in [0.2, 0.25) is 0 Å². The first kappa shape index (κ1) is 7.11. The quantitative estimate of drug-likeness (QED) is 0.630. The molecule has 0 saturated heterocycles. The van der Waals surface area contributed by atoms with Crippen molar-refractivity contribution in [3.05, 3.63) is 11.9 Å². The highest BCUT2D eigenvalue weighted by Crippen LogP contribution is 2.15. The van der Waals surface area contributed by atoms with Crippen molar-refractivity contribution in [1.29, 1.82) is 0 Å². The van der Waals surface area contributed by atoms with E-state index < -0.39 is 6.43 Å². The van der Waals surface area contributed by atoms with Gasteiger partial charge in [-0.1, -0.05) is 5.21 Å². The zero-order valence-corrected chi connectivity index (χ0v) is 5.46. The standard InChI is InChI=1S/C5H7F2N3/c1-2-10-4(5(6)7)3-8-9-10/h3,5H,2H2,1H3. The number of alkyl halides is 2. The van der Waals surface area contributed by atoms with Crippen molar-refractivity contribution >= 4 is 0 Å². The average Bonchev–Trinajstić information content (AvgIpc) is 2.33. The normalized spacial score (nSPS) is 10.8. The second-order valence-corrected chi connectivity index (χ2v) is 1.78. The molecule has 1 rings (SSSR count). The topological polar surface area (TPSA) is 30.7 Å². The lowest BCUT2D eigenvalue weighted by atomic mass is 10.5. The first-order valence-electron chi connectivity index (χ1n) is 2.92. The minimum absolute atomic E-state index is 0.123. The van der Waals surface area contributed by atoms with Crippen LogP contribution < -0.4 is 0 Å². The van der Waals surface area contributed by atoms with Crippen LogP contribution in [0, 0.1) is 0 Å². The van der Waals surface area contributed by atoms with Crippen LogP contribution in [0.25, 0.3) is 0 Å². The summed E-state index contributed by atoms with van der Waals surface area (Å²) in [5.74, 6) is 0. The summed E-state index contributed by atoms with van der Waals surface area (Å²) in [5.41, 5.74) is -0.123. The van der Waals surface area contributed by atoms with Crippen LogP contribution in [0.4, 0.5) is 8.78 Å². The molecule has 0 N–H and O–H groups in total. The Kier molecular flexibility index (Phi) is 1.94. The fourth-order valence-corrected chi connectivity index (χ4v) is 0.680. The number of aryl methyl sites for hydroxylation is 1. The van der Waals surface area contributed by atoms with E-state index in [2.05, 4.69) is 10.3 Å². The zero-order valence-electron chi connectivity index (χ0n) is 5.46. The van der Waals surface area contributed by atoms with Crippen molar-refractivity contribution in [2.75, 3.05) is 0 Å². The molecule has 0 radical (unpaired) electrons. The Morgan fingerprint density at radius 3 is 2.80 bits per heavy atom. The van der Waals surface area contributed by atoms with E-state index in [0.717, 1.165) is 6.20 Å². The molecule has 0 unspecified atom stereocenters. The second-order valence-electron chi connectivity index (χ2n) is 1.78. The first-order chi connectivity index (χ1) is 4.75. The van der Waals surface area contributed by atoms with E-state index in [0.29, 0.717) is 6.54 Å². The molecule has 0 aliphatic heterocycles. The third kappa shape index (κ3) is 1.12. The molecule has 5 heteroatoms. The van der Waals surface area contributed by atoms with E-state index >= 15 is 0 Å². The van der Waals surface area contributed by atoms with Gasteiger partial charge in [0.25, 0.3) is 6.43 Å². The summed E-state index contributed by atoms with van der Waals surface area (Å²) in [7, 11) is 0. The molecule has 10 heavy (non-hydrogen) atoms. The molecule has 3 nitrogen and oxygen atoms in total. The van der Waals surface area contributed by atoms with Crippen molar-refractivity contribution in [3.8, 4) is 0 Å². The number of rotatable bonds is 2. The van der Waals surface area contributed by atoms with Gasteiger partial charge in [-0.2, -0.15) is 0 Å². The van der Waals surface area contributed by atoms with Crippen molar-refractivity contribution in [1.82, 2.24) is 15.0 Å². The van der Waals surface area contributed by atoms with E-state index in [-0.39, 0.29) is 5.69 Å². The SMILES string of the molecule is CCn1nncc1C(F)F. The van der Waals surface area contributed by atoms with Gasteiger partial charge < -0.3 is 0 Å². The van der Waals surface area contributed by atoms with Crippen molar-refractivity contribution < 1.29 is 8.78 Å². The Balaban J connectivity index is 2.90. The van der Waals surface area contributed by atoms with E-state index in [1.165, 1.54) is 4.68 Å². The van der Waals surface area contributed by atoms with Gasteiger partial charge in [0.05, 0.1) is 6.20 Å². The molecule has 0 fully saturated rings.